The van der Waals surface area contributed by atoms with Crippen LogP contribution in [0.25, 0.3) is 0 Å². The lowest BCUT2D eigenvalue weighted by Gasteiger charge is -2.09. The first-order valence-electron chi connectivity index (χ1n) is 8.16. The number of halogens is 1. The van der Waals surface area contributed by atoms with Crippen LogP contribution in [0.15, 0.2) is 48.7 Å². The maximum Gasteiger partial charge on any atom is 0.274 e. The fourth-order valence-corrected chi connectivity index (χ4v) is 2.77. The molecule has 0 aliphatic rings. The van der Waals surface area contributed by atoms with Crippen molar-refractivity contribution in [1.82, 2.24) is 9.97 Å². The third-order valence-corrected chi connectivity index (χ3v) is 4.20. The third-order valence-electron chi connectivity index (χ3n) is 3.80. The standard InChI is InChI=1S/C20H19ClN4O/c1-12-8-13(2)10-16(9-12)24-20-22-7-6-18(25-20)19(26)23-15-5-4-14(3)17(21)11-15/h4-11H,1-3H3,(H,23,26)(H,22,24,25). The molecule has 0 radical (unpaired) electrons. The highest BCUT2D eigenvalue weighted by Gasteiger charge is 2.10. The van der Waals surface area contributed by atoms with Crippen LogP contribution < -0.4 is 10.6 Å². The normalized spacial score (nSPS) is 10.5. The summed E-state index contributed by atoms with van der Waals surface area (Å²) in [4.78, 5) is 20.9. The number of nitrogens with zero attached hydrogens (tertiary/aromatic N) is 2. The van der Waals surface area contributed by atoms with E-state index < -0.39 is 0 Å². The van der Waals surface area contributed by atoms with Crippen LogP contribution in [0.4, 0.5) is 17.3 Å². The molecule has 2 N–H and O–H groups in total. The Kier molecular flexibility index (Phi) is 5.19. The first-order valence-corrected chi connectivity index (χ1v) is 8.54. The van der Waals surface area contributed by atoms with Gasteiger partial charge in [-0.05, 0) is 67.8 Å². The summed E-state index contributed by atoms with van der Waals surface area (Å²) >= 11 is 6.10. The molecule has 26 heavy (non-hydrogen) atoms. The molecule has 0 atom stereocenters. The Morgan fingerprint density at radius 2 is 1.69 bits per heavy atom. The van der Waals surface area contributed by atoms with Crippen molar-refractivity contribution >= 4 is 34.8 Å². The molecule has 2 aromatic carbocycles. The second-order valence-corrected chi connectivity index (χ2v) is 6.59. The van der Waals surface area contributed by atoms with Crippen LogP contribution in [0.5, 0.6) is 0 Å². The number of carbonyl (C=O) groups is 1. The topological polar surface area (TPSA) is 66.9 Å². The molecular formula is C20H19ClN4O. The molecule has 1 heterocycles. The van der Waals surface area contributed by atoms with Gasteiger partial charge in [0.2, 0.25) is 5.95 Å². The van der Waals surface area contributed by atoms with Gasteiger partial charge in [-0.1, -0.05) is 23.7 Å². The molecule has 0 bridgehead atoms. The van der Waals surface area contributed by atoms with E-state index in [0.29, 0.717) is 16.7 Å². The van der Waals surface area contributed by atoms with Gasteiger partial charge in [0.15, 0.2) is 0 Å². The summed E-state index contributed by atoms with van der Waals surface area (Å²) in [5, 5.41) is 6.53. The molecule has 0 saturated heterocycles. The molecule has 3 rings (SSSR count). The molecular weight excluding hydrogens is 348 g/mol. The number of rotatable bonds is 4. The minimum absolute atomic E-state index is 0.267. The molecule has 0 saturated carbocycles. The molecule has 132 valence electrons. The van der Waals surface area contributed by atoms with Crippen molar-refractivity contribution < 1.29 is 4.79 Å². The van der Waals surface area contributed by atoms with Crippen molar-refractivity contribution in [2.75, 3.05) is 10.6 Å². The van der Waals surface area contributed by atoms with Crippen molar-refractivity contribution in [3.8, 4) is 0 Å². The van der Waals surface area contributed by atoms with Crippen molar-refractivity contribution in [2.24, 2.45) is 0 Å². The van der Waals surface area contributed by atoms with Crippen molar-refractivity contribution in [3.63, 3.8) is 0 Å². The fourth-order valence-electron chi connectivity index (χ4n) is 2.59. The van der Waals surface area contributed by atoms with E-state index in [9.17, 15) is 4.79 Å². The zero-order chi connectivity index (χ0) is 18.7. The molecule has 1 amide bonds. The first kappa shape index (κ1) is 17.9. The average Bonchev–Trinajstić information content (AvgIpc) is 2.57. The molecule has 6 heteroatoms. The summed E-state index contributed by atoms with van der Waals surface area (Å²) in [6.07, 6.45) is 1.55. The summed E-state index contributed by atoms with van der Waals surface area (Å²) < 4.78 is 0. The van der Waals surface area contributed by atoms with Crippen LogP contribution in [0.1, 0.15) is 27.2 Å². The van der Waals surface area contributed by atoms with Gasteiger partial charge in [-0.3, -0.25) is 4.79 Å². The Morgan fingerprint density at radius 3 is 2.38 bits per heavy atom. The molecule has 0 fully saturated rings. The van der Waals surface area contributed by atoms with Crippen LogP contribution in [0.2, 0.25) is 5.02 Å². The van der Waals surface area contributed by atoms with E-state index in [1.807, 2.05) is 39.0 Å². The summed E-state index contributed by atoms with van der Waals surface area (Å²) in [6.45, 7) is 5.95. The van der Waals surface area contributed by atoms with E-state index in [4.69, 9.17) is 11.6 Å². The predicted octanol–water partition coefficient (Wildman–Crippen LogP) is 5.05. The van der Waals surface area contributed by atoms with Crippen LogP contribution in [-0.4, -0.2) is 15.9 Å². The molecule has 0 spiro atoms. The van der Waals surface area contributed by atoms with Gasteiger partial charge in [-0.2, -0.15) is 0 Å². The van der Waals surface area contributed by atoms with E-state index in [0.717, 1.165) is 22.4 Å². The van der Waals surface area contributed by atoms with E-state index in [1.165, 1.54) is 0 Å². The van der Waals surface area contributed by atoms with Crippen LogP contribution >= 0.6 is 11.6 Å². The Labute approximate surface area is 157 Å². The second kappa shape index (κ2) is 7.54. The number of nitrogens with one attached hydrogen (secondary N) is 2. The van der Waals surface area contributed by atoms with Crippen molar-refractivity contribution in [3.05, 3.63) is 76.1 Å². The summed E-state index contributed by atoms with van der Waals surface area (Å²) in [6, 6.07) is 13.0. The number of anilines is 3. The maximum atomic E-state index is 12.5. The highest BCUT2D eigenvalue weighted by molar-refractivity contribution is 6.31. The molecule has 3 aromatic rings. The number of carbonyl (C=O) groups excluding carboxylic acids is 1. The Hall–Kier alpha value is -2.92. The summed E-state index contributed by atoms with van der Waals surface area (Å²) in [5.41, 5.74) is 4.99. The van der Waals surface area contributed by atoms with E-state index >= 15 is 0 Å². The number of hydrogen-bond acceptors (Lipinski definition) is 4. The SMILES string of the molecule is Cc1cc(C)cc(Nc2nccc(C(=O)Nc3ccc(C)c(Cl)c3)n2)c1. The lowest BCUT2D eigenvalue weighted by molar-refractivity contribution is 0.102. The summed E-state index contributed by atoms with van der Waals surface area (Å²) in [7, 11) is 0. The lowest BCUT2D eigenvalue weighted by Crippen LogP contribution is -2.14. The van der Waals surface area contributed by atoms with Crippen molar-refractivity contribution in [1.29, 1.82) is 0 Å². The van der Waals surface area contributed by atoms with Gasteiger partial charge in [-0.25, -0.2) is 9.97 Å². The van der Waals surface area contributed by atoms with Gasteiger partial charge in [0, 0.05) is 22.6 Å². The molecule has 0 unspecified atom stereocenters. The number of benzene rings is 2. The zero-order valence-electron chi connectivity index (χ0n) is 14.8. The molecule has 0 aliphatic heterocycles. The van der Waals surface area contributed by atoms with Gasteiger partial charge in [0.25, 0.3) is 5.91 Å². The maximum absolute atomic E-state index is 12.5. The Bertz CT molecular complexity index is 952. The monoisotopic (exact) mass is 366 g/mol. The quantitative estimate of drug-likeness (QED) is 0.678. The minimum atomic E-state index is -0.323. The van der Waals surface area contributed by atoms with Crippen LogP contribution in [0.3, 0.4) is 0 Å². The molecule has 5 nitrogen and oxygen atoms in total. The lowest BCUT2D eigenvalue weighted by atomic mass is 10.1. The van der Waals surface area contributed by atoms with Gasteiger partial charge >= 0.3 is 0 Å². The predicted molar refractivity (Wildman–Crippen MR) is 105 cm³/mol. The minimum Gasteiger partial charge on any atom is -0.324 e. The van der Waals surface area contributed by atoms with Crippen molar-refractivity contribution in [2.45, 2.75) is 20.8 Å². The van der Waals surface area contributed by atoms with Crippen LogP contribution in [-0.2, 0) is 0 Å². The Balaban J connectivity index is 1.77. The number of aryl methyl sites for hydroxylation is 3. The number of hydrogen-bond donors (Lipinski definition) is 2. The largest absolute Gasteiger partial charge is 0.324 e. The summed E-state index contributed by atoms with van der Waals surface area (Å²) in [5.74, 6) is 0.0420. The molecule has 1 aromatic heterocycles. The van der Waals surface area contributed by atoms with E-state index in [-0.39, 0.29) is 11.6 Å². The van der Waals surface area contributed by atoms with Gasteiger partial charge in [0.1, 0.15) is 5.69 Å². The Morgan fingerprint density at radius 1 is 0.962 bits per heavy atom. The average molecular weight is 367 g/mol. The number of amides is 1. The first-order chi connectivity index (χ1) is 12.4. The van der Waals surface area contributed by atoms with Crippen LogP contribution in [0, 0.1) is 20.8 Å². The third kappa shape index (κ3) is 4.37. The highest BCUT2D eigenvalue weighted by atomic mass is 35.5. The van der Waals surface area contributed by atoms with Gasteiger partial charge < -0.3 is 10.6 Å². The van der Waals surface area contributed by atoms with E-state index in [1.54, 1.807) is 24.4 Å². The molecule has 0 aliphatic carbocycles. The van der Waals surface area contributed by atoms with E-state index in [2.05, 4.69) is 26.7 Å². The zero-order valence-corrected chi connectivity index (χ0v) is 15.6. The highest BCUT2D eigenvalue weighted by Crippen LogP contribution is 2.21. The number of aromatic nitrogens is 2. The smallest absolute Gasteiger partial charge is 0.274 e. The van der Waals surface area contributed by atoms with Gasteiger partial charge in [-0.15, -0.1) is 0 Å². The second-order valence-electron chi connectivity index (χ2n) is 6.18. The van der Waals surface area contributed by atoms with Gasteiger partial charge in [0.05, 0.1) is 0 Å². The fraction of sp³-hybridized carbons (Fsp3) is 0.150.